The number of aromatic hydroxyl groups is 1. The first-order chi connectivity index (χ1) is 14.5. The predicted octanol–water partition coefficient (Wildman–Crippen LogP) is 6.06. The topological polar surface area (TPSA) is 68.9 Å². The molecule has 1 heterocycles. The molecule has 0 radical (unpaired) electrons. The summed E-state index contributed by atoms with van der Waals surface area (Å²) in [6.45, 7) is 0.0949. The van der Waals surface area contributed by atoms with Gasteiger partial charge in [-0.2, -0.15) is 0 Å². The molecule has 3 aromatic carbocycles. The van der Waals surface area contributed by atoms with Crippen LogP contribution in [0.1, 0.15) is 5.56 Å². The first kappa shape index (κ1) is 20.1. The van der Waals surface area contributed by atoms with E-state index in [2.05, 4.69) is 0 Å². The maximum absolute atomic E-state index is 13.0. The van der Waals surface area contributed by atoms with Crippen LogP contribution in [0.4, 0.5) is 0 Å². The van der Waals surface area contributed by atoms with Crippen LogP contribution in [-0.4, -0.2) is 12.2 Å². The predicted molar refractivity (Wildman–Crippen MR) is 117 cm³/mol. The highest BCUT2D eigenvalue weighted by Gasteiger charge is 2.15. The summed E-state index contributed by atoms with van der Waals surface area (Å²) >= 11 is 12.3. The summed E-state index contributed by atoms with van der Waals surface area (Å²) in [4.78, 5) is 13.0. The molecule has 0 aliphatic heterocycles. The van der Waals surface area contributed by atoms with E-state index >= 15 is 0 Å². The molecule has 5 nitrogen and oxygen atoms in total. The second-order valence-corrected chi connectivity index (χ2v) is 7.33. The molecular formula is C23H16Cl2O5. The van der Waals surface area contributed by atoms with Crippen molar-refractivity contribution in [2.45, 2.75) is 6.61 Å². The van der Waals surface area contributed by atoms with Gasteiger partial charge in [-0.15, -0.1) is 0 Å². The normalized spacial score (nSPS) is 10.9. The van der Waals surface area contributed by atoms with Gasteiger partial charge in [0.05, 0.1) is 12.7 Å². The zero-order valence-corrected chi connectivity index (χ0v) is 17.3. The Hall–Kier alpha value is -3.15. The van der Waals surface area contributed by atoms with Crippen molar-refractivity contribution in [1.29, 1.82) is 0 Å². The summed E-state index contributed by atoms with van der Waals surface area (Å²) in [7, 11) is 1.57. The van der Waals surface area contributed by atoms with E-state index in [0.717, 1.165) is 0 Å². The van der Waals surface area contributed by atoms with Gasteiger partial charge in [0, 0.05) is 27.7 Å². The van der Waals surface area contributed by atoms with Gasteiger partial charge in [-0.1, -0.05) is 41.4 Å². The molecule has 0 saturated heterocycles. The van der Waals surface area contributed by atoms with Crippen molar-refractivity contribution in [2.24, 2.45) is 0 Å². The van der Waals surface area contributed by atoms with Crippen LogP contribution < -0.4 is 14.9 Å². The maximum atomic E-state index is 13.0. The first-order valence-electron chi connectivity index (χ1n) is 8.96. The van der Waals surface area contributed by atoms with E-state index in [1.807, 2.05) is 0 Å². The first-order valence-corrected chi connectivity index (χ1v) is 9.72. The van der Waals surface area contributed by atoms with Crippen molar-refractivity contribution < 1.29 is 19.0 Å². The van der Waals surface area contributed by atoms with Gasteiger partial charge in [0.25, 0.3) is 0 Å². The molecule has 152 valence electrons. The number of hydrogen-bond acceptors (Lipinski definition) is 5. The van der Waals surface area contributed by atoms with Crippen LogP contribution >= 0.6 is 23.2 Å². The van der Waals surface area contributed by atoms with Gasteiger partial charge in [0.15, 0.2) is 0 Å². The molecule has 0 bridgehead atoms. The minimum atomic E-state index is -0.348. The van der Waals surface area contributed by atoms with Crippen molar-refractivity contribution in [3.63, 3.8) is 0 Å². The Morgan fingerprint density at radius 2 is 1.70 bits per heavy atom. The van der Waals surface area contributed by atoms with Crippen LogP contribution in [0.25, 0.3) is 22.1 Å². The van der Waals surface area contributed by atoms with E-state index in [1.165, 1.54) is 12.3 Å². The second-order valence-electron chi connectivity index (χ2n) is 6.51. The number of ether oxygens (including phenoxy) is 2. The van der Waals surface area contributed by atoms with E-state index < -0.39 is 0 Å². The van der Waals surface area contributed by atoms with Crippen LogP contribution in [0.5, 0.6) is 17.2 Å². The Balaban J connectivity index is 1.68. The quantitative estimate of drug-likeness (QED) is 0.406. The molecule has 0 atom stereocenters. The average Bonchev–Trinajstić information content (AvgIpc) is 2.73. The summed E-state index contributed by atoms with van der Waals surface area (Å²) in [5.74, 6) is 0.750. The minimum absolute atomic E-state index is 0.0754. The van der Waals surface area contributed by atoms with Crippen molar-refractivity contribution in [2.75, 3.05) is 7.11 Å². The largest absolute Gasteiger partial charge is 0.507 e. The minimum Gasteiger partial charge on any atom is -0.507 e. The SMILES string of the molecule is COc1ccc(-c2coc3cc(OCc4c(Cl)cccc4Cl)cc(O)c3c2=O)cc1. The lowest BCUT2D eigenvalue weighted by molar-refractivity contribution is 0.304. The van der Waals surface area contributed by atoms with Crippen molar-refractivity contribution >= 4 is 34.2 Å². The Morgan fingerprint density at radius 1 is 1.00 bits per heavy atom. The van der Waals surface area contributed by atoms with Crippen LogP contribution in [0.2, 0.25) is 10.0 Å². The van der Waals surface area contributed by atoms with Gasteiger partial charge in [0.1, 0.15) is 41.1 Å². The number of benzene rings is 3. The fourth-order valence-electron chi connectivity index (χ4n) is 3.09. The number of hydrogen-bond donors (Lipinski definition) is 1. The molecule has 0 spiro atoms. The molecule has 0 aliphatic carbocycles. The van der Waals surface area contributed by atoms with Gasteiger partial charge in [0.2, 0.25) is 5.43 Å². The molecule has 4 rings (SSSR count). The lowest BCUT2D eigenvalue weighted by atomic mass is 10.0. The zero-order valence-electron chi connectivity index (χ0n) is 15.8. The number of phenolic OH excluding ortho intramolecular Hbond substituents is 1. The lowest BCUT2D eigenvalue weighted by Gasteiger charge is -2.11. The van der Waals surface area contributed by atoms with Gasteiger partial charge in [-0.25, -0.2) is 0 Å². The summed E-state index contributed by atoms with van der Waals surface area (Å²) < 4.78 is 16.5. The molecule has 0 amide bonds. The van der Waals surface area contributed by atoms with Crippen LogP contribution in [0.3, 0.4) is 0 Å². The molecule has 1 aromatic heterocycles. The smallest absolute Gasteiger partial charge is 0.204 e. The molecule has 4 aromatic rings. The van der Waals surface area contributed by atoms with Gasteiger partial charge in [-0.3, -0.25) is 4.79 Å². The Morgan fingerprint density at radius 3 is 2.37 bits per heavy atom. The molecule has 0 saturated carbocycles. The van der Waals surface area contributed by atoms with E-state index in [9.17, 15) is 9.90 Å². The standard InChI is InChI=1S/C23H16Cl2O5/c1-28-14-7-5-13(6-8-14)16-11-30-21-10-15(9-20(26)22(21)23(16)27)29-12-17-18(24)3-2-4-19(17)25/h2-11,26H,12H2,1H3. The molecular weight excluding hydrogens is 427 g/mol. The van der Waals surface area contributed by atoms with E-state index in [1.54, 1.807) is 55.6 Å². The van der Waals surface area contributed by atoms with E-state index in [-0.39, 0.29) is 28.8 Å². The monoisotopic (exact) mass is 442 g/mol. The highest BCUT2D eigenvalue weighted by molar-refractivity contribution is 6.35. The summed E-state index contributed by atoms with van der Waals surface area (Å²) in [6.07, 6.45) is 1.36. The van der Waals surface area contributed by atoms with Crippen LogP contribution in [-0.2, 0) is 6.61 Å². The average molecular weight is 443 g/mol. The molecule has 0 unspecified atom stereocenters. The Bertz CT molecular complexity index is 1260. The summed E-state index contributed by atoms with van der Waals surface area (Å²) in [6, 6.07) is 15.1. The number of phenols is 1. The number of rotatable bonds is 5. The van der Waals surface area contributed by atoms with E-state index in [0.29, 0.717) is 38.2 Å². The Labute approximate surface area is 182 Å². The highest BCUT2D eigenvalue weighted by Crippen LogP contribution is 2.32. The molecule has 30 heavy (non-hydrogen) atoms. The summed E-state index contributed by atoms with van der Waals surface area (Å²) in [5.41, 5.74) is 1.46. The third-order valence-corrected chi connectivity index (χ3v) is 5.38. The number of halogens is 2. The van der Waals surface area contributed by atoms with Gasteiger partial charge >= 0.3 is 0 Å². The van der Waals surface area contributed by atoms with Gasteiger partial charge in [-0.05, 0) is 29.8 Å². The molecule has 0 fully saturated rings. The highest BCUT2D eigenvalue weighted by atomic mass is 35.5. The van der Waals surface area contributed by atoms with Crippen molar-refractivity contribution in [3.05, 3.63) is 86.7 Å². The maximum Gasteiger partial charge on any atom is 0.204 e. The van der Waals surface area contributed by atoms with Crippen molar-refractivity contribution in [3.8, 4) is 28.4 Å². The number of methoxy groups -OCH3 is 1. The van der Waals surface area contributed by atoms with Gasteiger partial charge < -0.3 is 19.0 Å². The fourth-order valence-corrected chi connectivity index (χ4v) is 3.59. The van der Waals surface area contributed by atoms with E-state index in [4.69, 9.17) is 37.1 Å². The zero-order chi connectivity index (χ0) is 21.3. The second kappa shape index (κ2) is 8.30. The third kappa shape index (κ3) is 3.82. The summed E-state index contributed by atoms with van der Waals surface area (Å²) in [5, 5.41) is 11.5. The fraction of sp³-hybridized carbons (Fsp3) is 0.0870. The molecule has 0 aliphatic rings. The van der Waals surface area contributed by atoms with Crippen LogP contribution in [0, 0.1) is 0 Å². The molecule has 7 heteroatoms. The Kier molecular flexibility index (Phi) is 5.57. The third-order valence-electron chi connectivity index (χ3n) is 4.68. The number of fused-ring (bicyclic) bond motifs is 1. The lowest BCUT2D eigenvalue weighted by Crippen LogP contribution is -2.05. The van der Waals surface area contributed by atoms with Crippen LogP contribution in [0.15, 0.2) is 70.1 Å². The molecule has 1 N–H and O–H groups in total. The van der Waals surface area contributed by atoms with Crippen molar-refractivity contribution in [1.82, 2.24) is 0 Å².